The minimum absolute atomic E-state index is 0.380. The fourth-order valence-electron chi connectivity index (χ4n) is 1.77. The molecule has 0 aliphatic heterocycles. The molecule has 4 heteroatoms. The standard InChI is InChI=1S/C16H17NO3/c1-12(18)20-15-8-7-14(10-17)9-16(15)19-11-13-5-3-2-4-6-13/h2-9H,10-11,17H2,1H3. The molecule has 0 unspecified atom stereocenters. The molecule has 0 saturated heterocycles. The average molecular weight is 271 g/mol. The van der Waals surface area contributed by atoms with Crippen LogP contribution in [0.4, 0.5) is 0 Å². The maximum atomic E-state index is 11.1. The normalized spacial score (nSPS) is 10.1. The van der Waals surface area contributed by atoms with Crippen LogP contribution in [0.25, 0.3) is 0 Å². The van der Waals surface area contributed by atoms with Crippen molar-refractivity contribution in [2.24, 2.45) is 5.73 Å². The number of nitrogens with two attached hydrogens (primary N) is 1. The molecule has 0 radical (unpaired) electrons. The number of hydrogen-bond acceptors (Lipinski definition) is 4. The third-order valence-corrected chi connectivity index (χ3v) is 2.73. The SMILES string of the molecule is CC(=O)Oc1ccc(CN)cc1OCc1ccccc1. The molecule has 2 rings (SSSR count). The van der Waals surface area contributed by atoms with Gasteiger partial charge in [0.25, 0.3) is 0 Å². The number of ether oxygens (including phenoxy) is 2. The zero-order valence-corrected chi connectivity index (χ0v) is 11.3. The van der Waals surface area contributed by atoms with E-state index < -0.39 is 0 Å². The van der Waals surface area contributed by atoms with Crippen LogP contribution in [0.5, 0.6) is 11.5 Å². The molecular formula is C16H17NO3. The van der Waals surface area contributed by atoms with Gasteiger partial charge in [-0.1, -0.05) is 36.4 Å². The van der Waals surface area contributed by atoms with Gasteiger partial charge in [-0.15, -0.1) is 0 Å². The first-order valence-corrected chi connectivity index (χ1v) is 6.37. The van der Waals surface area contributed by atoms with Gasteiger partial charge >= 0.3 is 5.97 Å². The third-order valence-electron chi connectivity index (χ3n) is 2.73. The molecule has 0 bridgehead atoms. The van der Waals surface area contributed by atoms with Gasteiger partial charge in [0.1, 0.15) is 6.61 Å². The van der Waals surface area contributed by atoms with Crippen molar-refractivity contribution in [1.82, 2.24) is 0 Å². The van der Waals surface area contributed by atoms with E-state index in [1.807, 2.05) is 36.4 Å². The second-order valence-corrected chi connectivity index (χ2v) is 4.35. The quantitative estimate of drug-likeness (QED) is 0.671. The Bertz CT molecular complexity index is 582. The van der Waals surface area contributed by atoms with Crippen LogP contribution in [-0.2, 0) is 17.9 Å². The molecule has 0 spiro atoms. The van der Waals surface area contributed by atoms with Gasteiger partial charge in [-0.05, 0) is 23.3 Å². The molecule has 20 heavy (non-hydrogen) atoms. The molecule has 0 saturated carbocycles. The molecule has 2 N–H and O–H groups in total. The van der Waals surface area contributed by atoms with Crippen LogP contribution in [0.3, 0.4) is 0 Å². The van der Waals surface area contributed by atoms with Crippen molar-refractivity contribution >= 4 is 5.97 Å². The molecule has 0 aliphatic rings. The Kier molecular flexibility index (Phi) is 4.74. The summed E-state index contributed by atoms with van der Waals surface area (Å²) < 4.78 is 10.9. The zero-order valence-electron chi connectivity index (χ0n) is 11.3. The fourth-order valence-corrected chi connectivity index (χ4v) is 1.77. The van der Waals surface area contributed by atoms with Crippen LogP contribution in [0.2, 0.25) is 0 Å². The van der Waals surface area contributed by atoms with E-state index in [2.05, 4.69) is 0 Å². The van der Waals surface area contributed by atoms with E-state index in [0.29, 0.717) is 24.7 Å². The number of carbonyl (C=O) groups is 1. The highest BCUT2D eigenvalue weighted by molar-refractivity contribution is 5.70. The summed E-state index contributed by atoms with van der Waals surface area (Å²) in [6.07, 6.45) is 0. The molecule has 104 valence electrons. The molecule has 4 nitrogen and oxygen atoms in total. The minimum atomic E-state index is -0.380. The van der Waals surface area contributed by atoms with Crippen molar-refractivity contribution in [3.05, 3.63) is 59.7 Å². The molecule has 0 amide bonds. The predicted octanol–water partition coefficient (Wildman–Crippen LogP) is 2.65. The van der Waals surface area contributed by atoms with Crippen LogP contribution in [-0.4, -0.2) is 5.97 Å². The Labute approximate surface area is 118 Å². The Hall–Kier alpha value is -2.33. The monoisotopic (exact) mass is 271 g/mol. The van der Waals surface area contributed by atoms with Crippen molar-refractivity contribution in [1.29, 1.82) is 0 Å². The molecule has 0 fully saturated rings. The molecule has 2 aromatic rings. The van der Waals surface area contributed by atoms with Gasteiger partial charge in [0.05, 0.1) is 0 Å². The fraction of sp³-hybridized carbons (Fsp3) is 0.188. The summed E-state index contributed by atoms with van der Waals surface area (Å²) in [5, 5.41) is 0. The van der Waals surface area contributed by atoms with E-state index in [4.69, 9.17) is 15.2 Å². The van der Waals surface area contributed by atoms with Crippen LogP contribution >= 0.6 is 0 Å². The van der Waals surface area contributed by atoms with Gasteiger partial charge < -0.3 is 15.2 Å². The second kappa shape index (κ2) is 6.73. The summed E-state index contributed by atoms with van der Waals surface area (Å²) in [7, 11) is 0. The number of rotatable bonds is 5. The van der Waals surface area contributed by atoms with Crippen molar-refractivity contribution < 1.29 is 14.3 Å². The van der Waals surface area contributed by atoms with Gasteiger partial charge in [-0.3, -0.25) is 4.79 Å². The third kappa shape index (κ3) is 3.83. The second-order valence-electron chi connectivity index (χ2n) is 4.35. The zero-order chi connectivity index (χ0) is 14.4. The van der Waals surface area contributed by atoms with Crippen molar-refractivity contribution in [3.8, 4) is 11.5 Å². The largest absolute Gasteiger partial charge is 0.485 e. The number of carbonyl (C=O) groups excluding carboxylic acids is 1. The van der Waals surface area contributed by atoms with E-state index in [1.165, 1.54) is 6.92 Å². The van der Waals surface area contributed by atoms with Crippen LogP contribution in [0.15, 0.2) is 48.5 Å². The highest BCUT2D eigenvalue weighted by Gasteiger charge is 2.09. The molecular weight excluding hydrogens is 254 g/mol. The summed E-state index contributed by atoms with van der Waals surface area (Å²) in [5.74, 6) is 0.549. The van der Waals surface area contributed by atoms with Crippen LogP contribution in [0, 0.1) is 0 Å². The smallest absolute Gasteiger partial charge is 0.308 e. The van der Waals surface area contributed by atoms with E-state index in [0.717, 1.165) is 11.1 Å². The summed E-state index contributed by atoms with van der Waals surface area (Å²) in [6.45, 7) is 2.17. The Morgan fingerprint density at radius 1 is 1.05 bits per heavy atom. The van der Waals surface area contributed by atoms with E-state index in [9.17, 15) is 4.79 Å². The van der Waals surface area contributed by atoms with Crippen molar-refractivity contribution in [2.75, 3.05) is 0 Å². The lowest BCUT2D eigenvalue weighted by molar-refractivity contribution is -0.132. The Balaban J connectivity index is 2.17. The Morgan fingerprint density at radius 3 is 2.45 bits per heavy atom. The lowest BCUT2D eigenvalue weighted by Gasteiger charge is -2.12. The maximum Gasteiger partial charge on any atom is 0.308 e. The van der Waals surface area contributed by atoms with Gasteiger partial charge in [0.2, 0.25) is 0 Å². The lowest BCUT2D eigenvalue weighted by atomic mass is 10.2. The van der Waals surface area contributed by atoms with Crippen molar-refractivity contribution in [2.45, 2.75) is 20.1 Å². The lowest BCUT2D eigenvalue weighted by Crippen LogP contribution is -2.05. The first kappa shape index (κ1) is 14.1. The summed E-state index contributed by atoms with van der Waals surface area (Å²) in [5.41, 5.74) is 7.58. The molecule has 0 heterocycles. The van der Waals surface area contributed by atoms with E-state index >= 15 is 0 Å². The van der Waals surface area contributed by atoms with E-state index in [-0.39, 0.29) is 5.97 Å². The van der Waals surface area contributed by atoms with Crippen LogP contribution in [0.1, 0.15) is 18.1 Å². The van der Waals surface area contributed by atoms with Gasteiger partial charge in [0.15, 0.2) is 11.5 Å². The highest BCUT2D eigenvalue weighted by Crippen LogP contribution is 2.29. The Morgan fingerprint density at radius 2 is 1.80 bits per heavy atom. The van der Waals surface area contributed by atoms with Gasteiger partial charge in [-0.25, -0.2) is 0 Å². The molecule has 0 atom stereocenters. The average Bonchev–Trinajstić information content (AvgIpc) is 2.47. The molecule has 2 aromatic carbocycles. The number of hydrogen-bond donors (Lipinski definition) is 1. The van der Waals surface area contributed by atoms with E-state index in [1.54, 1.807) is 12.1 Å². The summed E-state index contributed by atoms with van der Waals surface area (Å²) in [6, 6.07) is 15.1. The first-order valence-electron chi connectivity index (χ1n) is 6.37. The molecule has 0 aliphatic carbocycles. The maximum absolute atomic E-state index is 11.1. The summed E-state index contributed by atoms with van der Waals surface area (Å²) >= 11 is 0. The minimum Gasteiger partial charge on any atom is -0.485 e. The van der Waals surface area contributed by atoms with Crippen LogP contribution < -0.4 is 15.2 Å². The number of esters is 1. The molecule has 0 aromatic heterocycles. The predicted molar refractivity (Wildman–Crippen MR) is 76.4 cm³/mol. The van der Waals surface area contributed by atoms with Gasteiger partial charge in [-0.2, -0.15) is 0 Å². The topological polar surface area (TPSA) is 61.5 Å². The number of benzene rings is 2. The summed E-state index contributed by atoms with van der Waals surface area (Å²) in [4.78, 5) is 11.1. The van der Waals surface area contributed by atoms with Gasteiger partial charge in [0, 0.05) is 13.5 Å². The highest BCUT2D eigenvalue weighted by atomic mass is 16.6. The first-order chi connectivity index (χ1) is 9.69. The van der Waals surface area contributed by atoms with Crippen molar-refractivity contribution in [3.63, 3.8) is 0 Å².